The van der Waals surface area contributed by atoms with Crippen LogP contribution in [0.5, 0.6) is 5.75 Å². The average molecular weight is 362 g/mol. The van der Waals surface area contributed by atoms with Gasteiger partial charge >= 0.3 is 0 Å². The zero-order chi connectivity index (χ0) is 18.5. The van der Waals surface area contributed by atoms with E-state index in [1.54, 1.807) is 18.5 Å². The number of hydrogen-bond donors (Lipinski definition) is 0. The van der Waals surface area contributed by atoms with Gasteiger partial charge in [-0.25, -0.2) is 4.39 Å². The van der Waals surface area contributed by atoms with Crippen LogP contribution < -0.4 is 4.74 Å². The summed E-state index contributed by atoms with van der Waals surface area (Å²) >= 11 is 0. The number of ether oxygens (including phenoxy) is 1. The Hall–Kier alpha value is -2.72. The fraction of sp³-hybridized carbons (Fsp3) is 0.261. The van der Waals surface area contributed by atoms with Gasteiger partial charge in [-0.2, -0.15) is 0 Å². The molecular weight excluding hydrogens is 339 g/mol. The Labute approximate surface area is 159 Å². The molecule has 4 rings (SSSR count). The van der Waals surface area contributed by atoms with Crippen LogP contribution in [0.2, 0.25) is 0 Å². The molecule has 138 valence electrons. The Kier molecular flexibility index (Phi) is 5.45. The van der Waals surface area contributed by atoms with Crippen molar-refractivity contribution in [2.24, 2.45) is 0 Å². The smallest absolute Gasteiger partial charge is 0.130 e. The zero-order valence-corrected chi connectivity index (χ0v) is 15.2. The first-order valence-corrected chi connectivity index (χ1v) is 9.41. The van der Waals surface area contributed by atoms with Crippen molar-refractivity contribution in [2.75, 3.05) is 13.1 Å². The van der Waals surface area contributed by atoms with E-state index in [-0.39, 0.29) is 11.9 Å². The van der Waals surface area contributed by atoms with Crippen molar-refractivity contribution >= 4 is 0 Å². The van der Waals surface area contributed by atoms with Crippen LogP contribution in [-0.2, 0) is 6.54 Å². The minimum absolute atomic E-state index is 0.111. The maximum atomic E-state index is 13.8. The van der Waals surface area contributed by atoms with Crippen LogP contribution >= 0.6 is 0 Å². The van der Waals surface area contributed by atoms with E-state index >= 15 is 0 Å². The van der Waals surface area contributed by atoms with Crippen molar-refractivity contribution in [1.29, 1.82) is 0 Å². The SMILES string of the molecule is Fc1ccc(-c2ccncc2)c(OC2CCN(Cc3ccccc3)CC2)c1. The molecule has 3 nitrogen and oxygen atoms in total. The molecule has 1 saturated heterocycles. The van der Waals surface area contributed by atoms with E-state index in [0.717, 1.165) is 43.6 Å². The minimum atomic E-state index is -0.274. The Morgan fingerprint density at radius 1 is 0.963 bits per heavy atom. The molecule has 1 aromatic heterocycles. The van der Waals surface area contributed by atoms with Gasteiger partial charge in [-0.05, 0) is 48.2 Å². The first-order chi connectivity index (χ1) is 13.3. The van der Waals surface area contributed by atoms with Gasteiger partial charge in [-0.3, -0.25) is 9.88 Å². The first kappa shape index (κ1) is 17.7. The summed E-state index contributed by atoms with van der Waals surface area (Å²) in [6, 6.07) is 19.1. The van der Waals surface area contributed by atoms with Crippen LogP contribution in [0.1, 0.15) is 18.4 Å². The van der Waals surface area contributed by atoms with Gasteiger partial charge in [0.25, 0.3) is 0 Å². The first-order valence-electron chi connectivity index (χ1n) is 9.41. The highest BCUT2D eigenvalue weighted by molar-refractivity contribution is 5.70. The van der Waals surface area contributed by atoms with Crippen molar-refractivity contribution in [3.63, 3.8) is 0 Å². The zero-order valence-electron chi connectivity index (χ0n) is 15.2. The molecule has 0 unspecified atom stereocenters. The van der Waals surface area contributed by atoms with Crippen molar-refractivity contribution in [2.45, 2.75) is 25.5 Å². The lowest BCUT2D eigenvalue weighted by atomic mass is 10.0. The normalized spacial score (nSPS) is 15.6. The van der Waals surface area contributed by atoms with Gasteiger partial charge in [0, 0.05) is 43.7 Å². The topological polar surface area (TPSA) is 25.4 Å². The Bertz CT molecular complexity index is 862. The van der Waals surface area contributed by atoms with Gasteiger partial charge in [0.15, 0.2) is 0 Å². The van der Waals surface area contributed by atoms with Gasteiger partial charge < -0.3 is 4.74 Å². The van der Waals surface area contributed by atoms with Crippen LogP contribution in [0.25, 0.3) is 11.1 Å². The Morgan fingerprint density at radius 2 is 1.70 bits per heavy atom. The van der Waals surface area contributed by atoms with Gasteiger partial charge in [-0.15, -0.1) is 0 Å². The highest BCUT2D eigenvalue weighted by Crippen LogP contribution is 2.32. The van der Waals surface area contributed by atoms with Crippen molar-refractivity contribution in [3.8, 4) is 16.9 Å². The molecule has 0 atom stereocenters. The van der Waals surface area contributed by atoms with Crippen molar-refractivity contribution in [1.82, 2.24) is 9.88 Å². The van der Waals surface area contributed by atoms with Crippen molar-refractivity contribution in [3.05, 3.63) is 84.4 Å². The summed E-state index contributed by atoms with van der Waals surface area (Å²) in [7, 11) is 0. The molecule has 1 aliphatic rings. The van der Waals surface area contributed by atoms with Crippen LogP contribution in [0.3, 0.4) is 0 Å². The molecule has 1 aliphatic heterocycles. The van der Waals surface area contributed by atoms with Gasteiger partial charge in [0.2, 0.25) is 0 Å². The standard InChI is InChI=1S/C23H23FN2O/c24-20-6-7-22(19-8-12-25-13-9-19)23(16-20)27-21-10-14-26(15-11-21)17-18-4-2-1-3-5-18/h1-9,12-13,16,21H,10-11,14-15,17H2. The number of nitrogens with zero attached hydrogens (tertiary/aromatic N) is 2. The molecule has 0 N–H and O–H groups in total. The molecule has 4 heteroatoms. The highest BCUT2D eigenvalue weighted by atomic mass is 19.1. The van der Waals surface area contributed by atoms with E-state index < -0.39 is 0 Å². The quantitative estimate of drug-likeness (QED) is 0.643. The molecule has 0 spiro atoms. The highest BCUT2D eigenvalue weighted by Gasteiger charge is 2.22. The molecular formula is C23H23FN2O. The Balaban J connectivity index is 1.41. The number of aromatic nitrogens is 1. The summed E-state index contributed by atoms with van der Waals surface area (Å²) in [5, 5.41) is 0. The number of halogens is 1. The number of piperidine rings is 1. The third-order valence-electron chi connectivity index (χ3n) is 5.01. The van der Waals surface area contributed by atoms with Gasteiger partial charge in [-0.1, -0.05) is 30.3 Å². The molecule has 0 amide bonds. The molecule has 2 heterocycles. The summed E-state index contributed by atoms with van der Waals surface area (Å²) < 4.78 is 20.1. The lowest BCUT2D eigenvalue weighted by molar-refractivity contribution is 0.0970. The second-order valence-electron chi connectivity index (χ2n) is 6.96. The third-order valence-corrected chi connectivity index (χ3v) is 5.01. The van der Waals surface area contributed by atoms with Crippen molar-refractivity contribution < 1.29 is 9.13 Å². The Morgan fingerprint density at radius 3 is 2.44 bits per heavy atom. The molecule has 1 fully saturated rings. The summed E-state index contributed by atoms with van der Waals surface area (Å²) in [4.78, 5) is 6.51. The lowest BCUT2D eigenvalue weighted by Crippen LogP contribution is -2.37. The summed E-state index contributed by atoms with van der Waals surface area (Å²) in [5.74, 6) is 0.340. The predicted octanol–water partition coefficient (Wildman–Crippen LogP) is 4.93. The third kappa shape index (κ3) is 4.52. The summed E-state index contributed by atoms with van der Waals surface area (Å²) in [6.45, 7) is 2.94. The monoisotopic (exact) mass is 362 g/mol. The average Bonchev–Trinajstić information content (AvgIpc) is 2.71. The van der Waals surface area contributed by atoms with E-state index in [9.17, 15) is 4.39 Å². The number of benzene rings is 2. The fourth-order valence-electron chi connectivity index (χ4n) is 3.57. The molecule has 3 aromatic rings. The van der Waals surface area contributed by atoms with E-state index in [4.69, 9.17) is 4.74 Å². The number of pyridine rings is 1. The number of likely N-dealkylation sites (tertiary alicyclic amines) is 1. The second kappa shape index (κ2) is 8.31. The fourth-order valence-corrected chi connectivity index (χ4v) is 3.57. The van der Waals surface area contributed by atoms with Crippen LogP contribution in [-0.4, -0.2) is 29.1 Å². The van der Waals surface area contributed by atoms with E-state index in [2.05, 4.69) is 34.1 Å². The lowest BCUT2D eigenvalue weighted by Gasteiger charge is -2.32. The maximum Gasteiger partial charge on any atom is 0.130 e. The van der Waals surface area contributed by atoms with Gasteiger partial charge in [0.1, 0.15) is 17.7 Å². The van der Waals surface area contributed by atoms with Gasteiger partial charge in [0.05, 0.1) is 0 Å². The number of hydrogen-bond acceptors (Lipinski definition) is 3. The largest absolute Gasteiger partial charge is 0.490 e. The maximum absolute atomic E-state index is 13.8. The second-order valence-corrected chi connectivity index (χ2v) is 6.96. The molecule has 2 aromatic carbocycles. The molecule has 0 bridgehead atoms. The summed E-state index contributed by atoms with van der Waals surface area (Å²) in [6.07, 6.45) is 5.48. The van der Waals surface area contributed by atoms with Crippen LogP contribution in [0.4, 0.5) is 4.39 Å². The van der Waals surface area contributed by atoms with E-state index in [1.165, 1.54) is 17.7 Å². The molecule has 0 saturated carbocycles. The minimum Gasteiger partial charge on any atom is -0.490 e. The summed E-state index contributed by atoms with van der Waals surface area (Å²) in [5.41, 5.74) is 3.23. The van der Waals surface area contributed by atoms with Crippen LogP contribution in [0.15, 0.2) is 73.1 Å². The van der Waals surface area contributed by atoms with E-state index in [1.807, 2.05) is 18.2 Å². The van der Waals surface area contributed by atoms with Crippen LogP contribution in [0, 0.1) is 5.82 Å². The van der Waals surface area contributed by atoms with E-state index in [0.29, 0.717) is 5.75 Å². The number of rotatable bonds is 5. The molecule has 27 heavy (non-hydrogen) atoms. The predicted molar refractivity (Wildman–Crippen MR) is 105 cm³/mol. The molecule has 0 aliphatic carbocycles. The molecule has 0 radical (unpaired) electrons.